The van der Waals surface area contributed by atoms with Gasteiger partial charge in [0.1, 0.15) is 11.6 Å². The second-order valence-corrected chi connectivity index (χ2v) is 4.81. The highest BCUT2D eigenvalue weighted by Crippen LogP contribution is 2.19. The molecular formula is C12H13ClF2N2O2. The molecule has 1 amide bonds. The summed E-state index contributed by atoms with van der Waals surface area (Å²) >= 11 is 5.41. The quantitative estimate of drug-likeness (QED) is 0.816. The molecule has 1 saturated heterocycles. The van der Waals surface area contributed by atoms with Crippen LogP contribution in [0.2, 0.25) is 5.02 Å². The summed E-state index contributed by atoms with van der Waals surface area (Å²) in [4.78, 5) is 11.8. The molecule has 1 aliphatic heterocycles. The van der Waals surface area contributed by atoms with Gasteiger partial charge in [0.25, 0.3) is 5.91 Å². The topological polar surface area (TPSA) is 52.6 Å². The molecule has 2 N–H and O–H groups in total. The lowest BCUT2D eigenvalue weighted by molar-refractivity contribution is 0.0464. The molecule has 0 radical (unpaired) electrons. The third-order valence-electron chi connectivity index (χ3n) is 2.98. The monoisotopic (exact) mass is 290 g/mol. The van der Waals surface area contributed by atoms with E-state index in [-0.39, 0.29) is 11.1 Å². The fourth-order valence-corrected chi connectivity index (χ4v) is 2.03. The number of amides is 1. The lowest BCUT2D eigenvalue weighted by Gasteiger charge is -2.29. The largest absolute Gasteiger partial charge is 0.393 e. The van der Waals surface area contributed by atoms with Gasteiger partial charge in [0, 0.05) is 13.1 Å². The Morgan fingerprint density at radius 1 is 1.32 bits per heavy atom. The van der Waals surface area contributed by atoms with Crippen LogP contribution in [0, 0.1) is 11.6 Å². The number of hydrogen-bond acceptors (Lipinski definition) is 3. The molecule has 19 heavy (non-hydrogen) atoms. The average Bonchev–Trinajstić information content (AvgIpc) is 2.36. The van der Waals surface area contributed by atoms with Crippen molar-refractivity contribution in [2.24, 2.45) is 0 Å². The lowest BCUT2D eigenvalue weighted by Crippen LogP contribution is -2.47. The normalized spacial score (nSPS) is 17.5. The summed E-state index contributed by atoms with van der Waals surface area (Å²) < 4.78 is 26.8. The first-order valence-corrected chi connectivity index (χ1v) is 6.23. The first-order valence-electron chi connectivity index (χ1n) is 5.86. The molecule has 104 valence electrons. The third kappa shape index (κ3) is 3.40. The molecule has 7 heteroatoms. The molecule has 0 aromatic heterocycles. The fraction of sp³-hybridized carbons (Fsp3) is 0.417. The highest BCUT2D eigenvalue weighted by Gasteiger charge is 2.21. The Kier molecular flexibility index (Phi) is 4.34. The smallest absolute Gasteiger partial charge is 0.268 e. The summed E-state index contributed by atoms with van der Waals surface area (Å²) in [5, 5.41) is 10.5. The molecule has 1 aromatic carbocycles. The van der Waals surface area contributed by atoms with Crippen LogP contribution < -0.4 is 5.43 Å². The number of carbonyl (C=O) groups excluding carboxylic acids is 1. The van der Waals surface area contributed by atoms with Crippen molar-refractivity contribution in [2.75, 3.05) is 13.1 Å². The van der Waals surface area contributed by atoms with Crippen LogP contribution in [0.3, 0.4) is 0 Å². The van der Waals surface area contributed by atoms with Crippen molar-refractivity contribution in [3.8, 4) is 0 Å². The van der Waals surface area contributed by atoms with Gasteiger partial charge in [0.2, 0.25) is 0 Å². The molecule has 0 saturated carbocycles. The predicted molar refractivity (Wildman–Crippen MR) is 65.6 cm³/mol. The van der Waals surface area contributed by atoms with Crippen molar-refractivity contribution in [1.29, 1.82) is 0 Å². The number of hydrogen-bond donors (Lipinski definition) is 2. The van der Waals surface area contributed by atoms with Crippen molar-refractivity contribution >= 4 is 17.5 Å². The zero-order chi connectivity index (χ0) is 14.0. The predicted octanol–water partition coefficient (Wildman–Crippen LogP) is 1.72. The number of carbonyl (C=O) groups is 1. The van der Waals surface area contributed by atoms with Gasteiger partial charge in [-0.05, 0) is 25.0 Å². The van der Waals surface area contributed by atoms with Crippen LogP contribution in [-0.4, -0.2) is 35.2 Å². The summed E-state index contributed by atoms with van der Waals surface area (Å²) in [5.41, 5.74) is 2.08. The zero-order valence-corrected chi connectivity index (χ0v) is 10.8. The van der Waals surface area contributed by atoms with Crippen LogP contribution in [0.25, 0.3) is 0 Å². The molecule has 0 aliphatic carbocycles. The molecule has 1 aromatic rings. The number of benzene rings is 1. The van der Waals surface area contributed by atoms with Gasteiger partial charge in [-0.15, -0.1) is 0 Å². The van der Waals surface area contributed by atoms with Crippen LogP contribution in [-0.2, 0) is 0 Å². The van der Waals surface area contributed by atoms with E-state index in [1.807, 2.05) is 0 Å². The van der Waals surface area contributed by atoms with Crippen LogP contribution in [0.1, 0.15) is 23.2 Å². The van der Waals surface area contributed by atoms with Gasteiger partial charge < -0.3 is 5.11 Å². The van der Waals surface area contributed by atoms with Crippen molar-refractivity contribution in [2.45, 2.75) is 18.9 Å². The number of piperidine rings is 1. The molecule has 0 spiro atoms. The van der Waals surface area contributed by atoms with E-state index in [0.717, 1.165) is 12.1 Å². The van der Waals surface area contributed by atoms with Gasteiger partial charge >= 0.3 is 0 Å². The van der Waals surface area contributed by atoms with Crippen molar-refractivity contribution in [3.05, 3.63) is 34.4 Å². The summed E-state index contributed by atoms with van der Waals surface area (Å²) in [6.07, 6.45) is 0.674. The number of nitrogens with one attached hydrogen (secondary N) is 1. The number of aliphatic hydroxyl groups is 1. The standard InChI is InChI=1S/C12H13ClF2N2O2/c13-9-6-10(14)8(5-11(9)15)12(19)16-17-3-1-7(18)2-4-17/h5-7,18H,1-4H2,(H,16,19). The minimum atomic E-state index is -0.874. The number of hydrazine groups is 1. The Balaban J connectivity index is 2.06. The molecule has 2 rings (SSSR count). The maximum Gasteiger partial charge on any atom is 0.268 e. The van der Waals surface area contributed by atoms with E-state index in [1.165, 1.54) is 0 Å². The van der Waals surface area contributed by atoms with Crippen molar-refractivity contribution in [1.82, 2.24) is 10.4 Å². The maximum atomic E-state index is 13.5. The van der Waals surface area contributed by atoms with E-state index >= 15 is 0 Å². The van der Waals surface area contributed by atoms with E-state index in [4.69, 9.17) is 11.6 Å². The minimum absolute atomic E-state index is 0.366. The second kappa shape index (κ2) is 5.81. The molecule has 0 bridgehead atoms. The molecule has 4 nitrogen and oxygen atoms in total. The fourth-order valence-electron chi connectivity index (χ4n) is 1.88. The lowest BCUT2D eigenvalue weighted by atomic mass is 10.1. The zero-order valence-electron chi connectivity index (χ0n) is 10.00. The summed E-state index contributed by atoms with van der Waals surface area (Å²) in [6, 6.07) is 1.54. The number of nitrogens with zero attached hydrogens (tertiary/aromatic N) is 1. The Labute approximate surface area is 113 Å². The Morgan fingerprint density at radius 2 is 1.95 bits per heavy atom. The first-order chi connectivity index (χ1) is 8.97. The van der Waals surface area contributed by atoms with E-state index in [9.17, 15) is 18.7 Å². The van der Waals surface area contributed by atoms with E-state index < -0.39 is 23.1 Å². The SMILES string of the molecule is O=C(NN1CCC(O)CC1)c1cc(F)c(Cl)cc1F. The van der Waals surface area contributed by atoms with Crippen LogP contribution in [0.4, 0.5) is 8.78 Å². The maximum absolute atomic E-state index is 13.5. The molecule has 1 heterocycles. The van der Waals surface area contributed by atoms with Crippen LogP contribution in [0.5, 0.6) is 0 Å². The minimum Gasteiger partial charge on any atom is -0.393 e. The number of halogens is 3. The average molecular weight is 291 g/mol. The van der Waals surface area contributed by atoms with Crippen LogP contribution >= 0.6 is 11.6 Å². The molecule has 1 aliphatic rings. The number of aliphatic hydroxyl groups excluding tert-OH is 1. The van der Waals surface area contributed by atoms with Gasteiger partial charge in [-0.25, -0.2) is 13.8 Å². The molecule has 0 atom stereocenters. The van der Waals surface area contributed by atoms with E-state index in [2.05, 4.69) is 5.43 Å². The molecular weight excluding hydrogens is 278 g/mol. The van der Waals surface area contributed by atoms with Gasteiger partial charge in [0.15, 0.2) is 0 Å². The van der Waals surface area contributed by atoms with E-state index in [0.29, 0.717) is 25.9 Å². The highest BCUT2D eigenvalue weighted by atomic mass is 35.5. The summed E-state index contributed by atoms with van der Waals surface area (Å²) in [5.74, 6) is -2.45. The summed E-state index contributed by atoms with van der Waals surface area (Å²) in [6.45, 7) is 0.926. The van der Waals surface area contributed by atoms with Crippen molar-refractivity contribution in [3.63, 3.8) is 0 Å². The van der Waals surface area contributed by atoms with Gasteiger partial charge in [-0.2, -0.15) is 0 Å². The first kappa shape index (κ1) is 14.2. The Bertz CT molecular complexity index is 491. The second-order valence-electron chi connectivity index (χ2n) is 4.41. The van der Waals surface area contributed by atoms with Crippen molar-refractivity contribution < 1.29 is 18.7 Å². The van der Waals surface area contributed by atoms with E-state index in [1.54, 1.807) is 5.01 Å². The Hall–Kier alpha value is -1.24. The van der Waals surface area contributed by atoms with Gasteiger partial charge in [-0.3, -0.25) is 10.2 Å². The Morgan fingerprint density at radius 3 is 2.58 bits per heavy atom. The van der Waals surface area contributed by atoms with Crippen LogP contribution in [0.15, 0.2) is 12.1 Å². The summed E-state index contributed by atoms with van der Waals surface area (Å²) in [7, 11) is 0. The van der Waals surface area contributed by atoms with Gasteiger partial charge in [-0.1, -0.05) is 11.6 Å². The van der Waals surface area contributed by atoms with Gasteiger partial charge in [0.05, 0.1) is 16.7 Å². The number of rotatable bonds is 2. The third-order valence-corrected chi connectivity index (χ3v) is 3.27. The molecule has 0 unspecified atom stereocenters. The highest BCUT2D eigenvalue weighted by molar-refractivity contribution is 6.30. The molecule has 1 fully saturated rings.